The van der Waals surface area contributed by atoms with E-state index in [0.29, 0.717) is 5.56 Å². The van der Waals surface area contributed by atoms with Crippen molar-refractivity contribution in [2.24, 2.45) is 0 Å². The van der Waals surface area contributed by atoms with Gasteiger partial charge in [0, 0.05) is 29.2 Å². The molecule has 82 valence electrons. The third-order valence-electron chi connectivity index (χ3n) is 2.48. The number of nitrogens with zero attached hydrogens (tertiary/aromatic N) is 1. The van der Waals surface area contributed by atoms with Crippen LogP contribution in [0.25, 0.3) is 11.1 Å². The summed E-state index contributed by atoms with van der Waals surface area (Å²) in [6.45, 7) is 1.58. The number of H-pyrrole nitrogens is 1. The van der Waals surface area contributed by atoms with E-state index in [1.54, 1.807) is 18.5 Å². The number of hydrogen-bond acceptors (Lipinski definition) is 3. The molecule has 0 aliphatic carbocycles. The lowest BCUT2D eigenvalue weighted by Crippen LogP contribution is -2.14. The highest BCUT2D eigenvalue weighted by Gasteiger charge is 2.06. The maximum atomic E-state index is 11.4. The molecule has 0 atom stereocenters. The summed E-state index contributed by atoms with van der Waals surface area (Å²) in [6.07, 6.45) is 3.39. The minimum Gasteiger partial charge on any atom is -0.391 e. The Balaban J connectivity index is 2.62. The fraction of sp³-hybridized carbons (Fsp3) is 0.167. The van der Waals surface area contributed by atoms with E-state index >= 15 is 0 Å². The zero-order chi connectivity index (χ0) is 11.5. The van der Waals surface area contributed by atoms with Crippen molar-refractivity contribution in [3.05, 3.63) is 52.2 Å². The average Bonchev–Trinajstić information content (AvgIpc) is 2.30. The van der Waals surface area contributed by atoms with Crippen molar-refractivity contribution >= 4 is 0 Å². The molecule has 0 amide bonds. The van der Waals surface area contributed by atoms with E-state index in [1.165, 1.54) is 0 Å². The summed E-state index contributed by atoms with van der Waals surface area (Å²) in [5, 5.41) is 9.05. The van der Waals surface area contributed by atoms with Crippen LogP contribution >= 0.6 is 0 Å². The molecular weight excluding hydrogens is 204 g/mol. The van der Waals surface area contributed by atoms with Gasteiger partial charge in [-0.25, -0.2) is 0 Å². The first-order chi connectivity index (χ1) is 7.72. The van der Waals surface area contributed by atoms with Gasteiger partial charge in [0.2, 0.25) is 0 Å². The molecule has 0 spiro atoms. The number of aromatic nitrogens is 2. The molecule has 16 heavy (non-hydrogen) atoms. The summed E-state index contributed by atoms with van der Waals surface area (Å²) in [5.41, 5.74) is 2.80. The van der Waals surface area contributed by atoms with Crippen molar-refractivity contribution in [3.8, 4) is 11.1 Å². The van der Waals surface area contributed by atoms with E-state index in [9.17, 15) is 4.79 Å². The lowest BCUT2D eigenvalue weighted by molar-refractivity contribution is 0.280. The van der Waals surface area contributed by atoms with Crippen LogP contribution in [-0.2, 0) is 6.61 Å². The van der Waals surface area contributed by atoms with Gasteiger partial charge in [-0.1, -0.05) is 0 Å². The van der Waals surface area contributed by atoms with Crippen LogP contribution in [0.3, 0.4) is 0 Å². The van der Waals surface area contributed by atoms with Gasteiger partial charge in [0.25, 0.3) is 5.56 Å². The van der Waals surface area contributed by atoms with Crippen molar-refractivity contribution in [2.45, 2.75) is 13.5 Å². The van der Waals surface area contributed by atoms with E-state index < -0.39 is 0 Å². The van der Waals surface area contributed by atoms with Gasteiger partial charge in [-0.3, -0.25) is 9.78 Å². The van der Waals surface area contributed by atoms with Crippen molar-refractivity contribution < 1.29 is 5.11 Å². The van der Waals surface area contributed by atoms with E-state index in [0.717, 1.165) is 16.8 Å². The molecule has 2 aromatic rings. The molecular formula is C12H12N2O2. The second-order valence-corrected chi connectivity index (χ2v) is 3.56. The number of pyridine rings is 2. The van der Waals surface area contributed by atoms with Gasteiger partial charge in [-0.15, -0.1) is 0 Å². The van der Waals surface area contributed by atoms with Gasteiger partial charge < -0.3 is 10.1 Å². The molecule has 2 rings (SSSR count). The average molecular weight is 216 g/mol. The lowest BCUT2D eigenvalue weighted by atomic mass is 10.0. The maximum Gasteiger partial charge on any atom is 0.253 e. The molecule has 0 aliphatic heterocycles. The first-order valence-electron chi connectivity index (χ1n) is 4.96. The molecule has 0 aliphatic rings. The summed E-state index contributed by atoms with van der Waals surface area (Å²) in [4.78, 5) is 18.1. The largest absolute Gasteiger partial charge is 0.391 e. The van der Waals surface area contributed by atoms with Crippen LogP contribution in [0.2, 0.25) is 0 Å². The molecule has 0 fully saturated rings. The standard InChI is InChI=1S/C12H12N2O2/c1-8-11(9-2-4-13-5-3-9)6-10(7-15)12(16)14-8/h2-6,15H,7H2,1H3,(H,14,16). The Kier molecular flexibility index (Phi) is 2.83. The molecule has 0 aromatic carbocycles. The Morgan fingerprint density at radius 3 is 2.69 bits per heavy atom. The second-order valence-electron chi connectivity index (χ2n) is 3.56. The minimum absolute atomic E-state index is 0.238. The normalized spacial score (nSPS) is 10.4. The number of hydrogen-bond donors (Lipinski definition) is 2. The molecule has 2 aromatic heterocycles. The molecule has 0 saturated heterocycles. The van der Waals surface area contributed by atoms with Crippen LogP contribution in [0.5, 0.6) is 0 Å². The van der Waals surface area contributed by atoms with Gasteiger partial charge in [0.1, 0.15) is 0 Å². The summed E-state index contributed by atoms with van der Waals surface area (Å²) in [7, 11) is 0. The summed E-state index contributed by atoms with van der Waals surface area (Å²) < 4.78 is 0. The Hall–Kier alpha value is -1.94. The number of aryl methyl sites for hydroxylation is 1. The first-order valence-corrected chi connectivity index (χ1v) is 4.96. The van der Waals surface area contributed by atoms with Crippen LogP contribution < -0.4 is 5.56 Å². The fourth-order valence-corrected chi connectivity index (χ4v) is 1.61. The predicted molar refractivity (Wildman–Crippen MR) is 61.0 cm³/mol. The van der Waals surface area contributed by atoms with Gasteiger partial charge in [0.15, 0.2) is 0 Å². The molecule has 4 nitrogen and oxygen atoms in total. The first kappa shape index (κ1) is 10.6. The number of nitrogens with one attached hydrogen (secondary N) is 1. The van der Waals surface area contributed by atoms with Gasteiger partial charge in [-0.05, 0) is 30.7 Å². The van der Waals surface area contributed by atoms with Crippen LogP contribution in [0.1, 0.15) is 11.3 Å². The van der Waals surface area contributed by atoms with Crippen molar-refractivity contribution in [3.63, 3.8) is 0 Å². The predicted octanol–water partition coefficient (Wildman–Crippen LogP) is 1.24. The van der Waals surface area contributed by atoms with E-state index in [-0.39, 0.29) is 12.2 Å². The number of aromatic amines is 1. The number of aliphatic hydroxyl groups is 1. The quantitative estimate of drug-likeness (QED) is 0.793. The van der Waals surface area contributed by atoms with Crippen molar-refractivity contribution in [1.29, 1.82) is 0 Å². The second kappa shape index (κ2) is 4.28. The SMILES string of the molecule is Cc1[nH]c(=O)c(CO)cc1-c1ccncc1. The third-order valence-corrected chi connectivity index (χ3v) is 2.48. The van der Waals surface area contributed by atoms with Crippen LogP contribution in [-0.4, -0.2) is 15.1 Å². The Bertz CT molecular complexity index is 547. The van der Waals surface area contributed by atoms with E-state index in [2.05, 4.69) is 9.97 Å². The minimum atomic E-state index is -0.256. The number of aliphatic hydroxyl groups excluding tert-OH is 1. The van der Waals surface area contributed by atoms with Crippen molar-refractivity contribution in [2.75, 3.05) is 0 Å². The summed E-state index contributed by atoms with van der Waals surface area (Å²) in [6, 6.07) is 5.44. The summed E-state index contributed by atoms with van der Waals surface area (Å²) in [5.74, 6) is 0. The third kappa shape index (κ3) is 1.87. The highest BCUT2D eigenvalue weighted by molar-refractivity contribution is 5.65. The Labute approximate surface area is 92.6 Å². The smallest absolute Gasteiger partial charge is 0.253 e. The summed E-state index contributed by atoms with van der Waals surface area (Å²) >= 11 is 0. The van der Waals surface area contributed by atoms with Crippen LogP contribution in [0, 0.1) is 6.92 Å². The molecule has 0 radical (unpaired) electrons. The highest BCUT2D eigenvalue weighted by Crippen LogP contribution is 2.20. The molecule has 2 heterocycles. The maximum absolute atomic E-state index is 11.4. The molecule has 0 unspecified atom stereocenters. The zero-order valence-corrected chi connectivity index (χ0v) is 8.90. The molecule has 0 saturated carbocycles. The monoisotopic (exact) mass is 216 g/mol. The van der Waals surface area contributed by atoms with E-state index in [1.807, 2.05) is 19.1 Å². The van der Waals surface area contributed by atoms with Crippen LogP contribution in [0.15, 0.2) is 35.4 Å². The van der Waals surface area contributed by atoms with Crippen molar-refractivity contribution in [1.82, 2.24) is 9.97 Å². The van der Waals surface area contributed by atoms with Gasteiger partial charge >= 0.3 is 0 Å². The Morgan fingerprint density at radius 1 is 1.38 bits per heavy atom. The van der Waals surface area contributed by atoms with Gasteiger partial charge in [-0.2, -0.15) is 0 Å². The zero-order valence-electron chi connectivity index (χ0n) is 8.90. The molecule has 4 heteroatoms. The highest BCUT2D eigenvalue weighted by atomic mass is 16.3. The topological polar surface area (TPSA) is 66.0 Å². The van der Waals surface area contributed by atoms with Gasteiger partial charge in [0.05, 0.1) is 6.61 Å². The Morgan fingerprint density at radius 2 is 2.06 bits per heavy atom. The van der Waals surface area contributed by atoms with Crippen LogP contribution in [0.4, 0.5) is 0 Å². The van der Waals surface area contributed by atoms with E-state index in [4.69, 9.17) is 5.11 Å². The molecule has 2 N–H and O–H groups in total. The molecule has 0 bridgehead atoms. The fourth-order valence-electron chi connectivity index (χ4n) is 1.61. The lowest BCUT2D eigenvalue weighted by Gasteiger charge is -2.07. The number of rotatable bonds is 2.